The number of carboxylic acids is 1. The van der Waals surface area contributed by atoms with Crippen LogP contribution in [0.1, 0.15) is 20.2 Å². The van der Waals surface area contributed by atoms with Gasteiger partial charge in [0, 0.05) is 15.8 Å². The fraction of sp³-hybridized carbons (Fsp3) is 0.133. The van der Waals surface area contributed by atoms with E-state index in [1.54, 1.807) is 35.6 Å². The van der Waals surface area contributed by atoms with Crippen LogP contribution in [0.4, 0.5) is 0 Å². The smallest absolute Gasteiger partial charge is 0.335 e. The van der Waals surface area contributed by atoms with Gasteiger partial charge in [0.05, 0.1) is 10.6 Å². The van der Waals surface area contributed by atoms with Crippen LogP contribution in [0.15, 0.2) is 29.6 Å². The molecule has 0 fully saturated rings. The van der Waals surface area contributed by atoms with Crippen molar-refractivity contribution in [1.29, 1.82) is 0 Å². The van der Waals surface area contributed by atoms with Crippen LogP contribution >= 0.6 is 22.7 Å². The molecule has 3 rings (SSSR count). The molecule has 0 amide bonds. The van der Waals surface area contributed by atoms with Crippen molar-refractivity contribution >= 4 is 28.6 Å². The summed E-state index contributed by atoms with van der Waals surface area (Å²) in [6.07, 6.45) is 0. The molecule has 4 nitrogen and oxygen atoms in total. The second-order valence-corrected chi connectivity index (χ2v) is 6.82. The molecule has 0 saturated carbocycles. The first-order valence-corrected chi connectivity index (χ1v) is 7.98. The topological polar surface area (TPSA) is 63.1 Å². The zero-order chi connectivity index (χ0) is 15.0. The number of benzene rings is 1. The summed E-state index contributed by atoms with van der Waals surface area (Å²) in [7, 11) is 0. The molecular weight excluding hydrogens is 304 g/mol. The Kier molecular flexibility index (Phi) is 3.57. The molecule has 0 unspecified atom stereocenters. The highest BCUT2D eigenvalue weighted by Gasteiger charge is 2.12. The molecule has 3 aromatic rings. The summed E-state index contributed by atoms with van der Waals surface area (Å²) in [5.74, 6) is -0.921. The van der Waals surface area contributed by atoms with Crippen molar-refractivity contribution in [1.82, 2.24) is 9.97 Å². The van der Waals surface area contributed by atoms with Gasteiger partial charge in [-0.2, -0.15) is 0 Å². The first kappa shape index (κ1) is 13.9. The van der Waals surface area contributed by atoms with Crippen LogP contribution in [-0.2, 0) is 0 Å². The zero-order valence-corrected chi connectivity index (χ0v) is 13.1. The molecule has 2 heterocycles. The molecule has 0 saturated heterocycles. The molecule has 0 radical (unpaired) electrons. The van der Waals surface area contributed by atoms with Gasteiger partial charge in [0.25, 0.3) is 0 Å². The number of rotatable bonds is 3. The quantitative estimate of drug-likeness (QED) is 0.784. The van der Waals surface area contributed by atoms with Crippen molar-refractivity contribution in [3.8, 4) is 22.0 Å². The molecule has 1 aromatic carbocycles. The Hall–Kier alpha value is -2.05. The fourth-order valence-electron chi connectivity index (χ4n) is 2.04. The summed E-state index contributed by atoms with van der Waals surface area (Å²) in [6, 6.07) is 6.75. The molecule has 0 aliphatic rings. The third-order valence-electron chi connectivity index (χ3n) is 3.03. The number of nitrogens with zero attached hydrogens (tertiary/aromatic N) is 2. The van der Waals surface area contributed by atoms with Crippen molar-refractivity contribution < 1.29 is 9.90 Å². The van der Waals surface area contributed by atoms with E-state index in [-0.39, 0.29) is 5.56 Å². The van der Waals surface area contributed by atoms with E-state index < -0.39 is 5.97 Å². The van der Waals surface area contributed by atoms with E-state index in [1.165, 1.54) is 11.3 Å². The monoisotopic (exact) mass is 316 g/mol. The van der Waals surface area contributed by atoms with E-state index in [2.05, 4.69) is 9.97 Å². The lowest BCUT2D eigenvalue weighted by molar-refractivity contribution is 0.0697. The molecule has 6 heteroatoms. The van der Waals surface area contributed by atoms with Crippen molar-refractivity contribution in [3.63, 3.8) is 0 Å². The van der Waals surface area contributed by atoms with Crippen LogP contribution in [0.2, 0.25) is 0 Å². The van der Waals surface area contributed by atoms with E-state index >= 15 is 0 Å². The highest BCUT2D eigenvalue weighted by molar-refractivity contribution is 7.13. The molecule has 2 aromatic heterocycles. The van der Waals surface area contributed by atoms with Crippen molar-refractivity contribution in [2.75, 3.05) is 0 Å². The Morgan fingerprint density at radius 1 is 1.14 bits per heavy atom. The molecule has 0 bridgehead atoms. The van der Waals surface area contributed by atoms with Gasteiger partial charge in [0.15, 0.2) is 0 Å². The number of aryl methyl sites for hydroxylation is 2. The van der Waals surface area contributed by atoms with Crippen LogP contribution in [0.25, 0.3) is 22.0 Å². The SMILES string of the molecule is Cc1nc(-c2csc(-c3ccc(C(=O)O)cc3)n2)c(C)s1. The fourth-order valence-corrected chi connectivity index (χ4v) is 3.67. The number of hydrogen-bond donors (Lipinski definition) is 1. The maximum atomic E-state index is 10.9. The first-order chi connectivity index (χ1) is 10.0. The van der Waals surface area contributed by atoms with Gasteiger partial charge in [-0.05, 0) is 26.0 Å². The minimum Gasteiger partial charge on any atom is -0.478 e. The van der Waals surface area contributed by atoms with Gasteiger partial charge in [-0.1, -0.05) is 12.1 Å². The lowest BCUT2D eigenvalue weighted by Crippen LogP contribution is -1.94. The highest BCUT2D eigenvalue weighted by Crippen LogP contribution is 2.32. The number of carboxylic acid groups (broad SMARTS) is 1. The molecule has 0 aliphatic heterocycles. The van der Waals surface area contributed by atoms with E-state index in [0.29, 0.717) is 0 Å². The lowest BCUT2D eigenvalue weighted by atomic mass is 10.1. The Bertz CT molecular complexity index is 803. The van der Waals surface area contributed by atoms with Crippen LogP contribution < -0.4 is 0 Å². The van der Waals surface area contributed by atoms with Gasteiger partial charge in [-0.3, -0.25) is 0 Å². The number of carbonyl (C=O) groups is 1. The van der Waals surface area contributed by atoms with Crippen LogP contribution in [0.5, 0.6) is 0 Å². The molecule has 106 valence electrons. The summed E-state index contributed by atoms with van der Waals surface area (Å²) >= 11 is 3.20. The average molecular weight is 316 g/mol. The Morgan fingerprint density at radius 3 is 2.43 bits per heavy atom. The van der Waals surface area contributed by atoms with Gasteiger partial charge in [0.2, 0.25) is 0 Å². The van der Waals surface area contributed by atoms with Gasteiger partial charge < -0.3 is 5.11 Å². The van der Waals surface area contributed by atoms with Crippen LogP contribution in [0.3, 0.4) is 0 Å². The Labute approximate surface area is 129 Å². The van der Waals surface area contributed by atoms with Crippen molar-refractivity contribution in [2.24, 2.45) is 0 Å². The molecule has 0 aliphatic carbocycles. The number of hydrogen-bond acceptors (Lipinski definition) is 5. The minimum absolute atomic E-state index is 0.279. The Morgan fingerprint density at radius 2 is 1.86 bits per heavy atom. The van der Waals surface area contributed by atoms with Crippen molar-refractivity contribution in [3.05, 3.63) is 45.1 Å². The predicted molar refractivity (Wildman–Crippen MR) is 85.1 cm³/mol. The van der Waals surface area contributed by atoms with Gasteiger partial charge in [0.1, 0.15) is 16.4 Å². The van der Waals surface area contributed by atoms with Gasteiger partial charge in [-0.15, -0.1) is 22.7 Å². The molecule has 0 atom stereocenters. The number of aromatic nitrogens is 2. The normalized spacial score (nSPS) is 10.8. The molecular formula is C15H12N2O2S2. The van der Waals surface area contributed by atoms with E-state index in [9.17, 15) is 4.79 Å². The maximum Gasteiger partial charge on any atom is 0.335 e. The third-order valence-corrected chi connectivity index (χ3v) is 4.81. The van der Waals surface area contributed by atoms with Gasteiger partial charge in [-0.25, -0.2) is 14.8 Å². The van der Waals surface area contributed by atoms with E-state index in [0.717, 1.165) is 31.8 Å². The minimum atomic E-state index is -0.921. The van der Waals surface area contributed by atoms with Crippen LogP contribution in [-0.4, -0.2) is 21.0 Å². The molecule has 21 heavy (non-hydrogen) atoms. The first-order valence-electron chi connectivity index (χ1n) is 6.28. The second kappa shape index (κ2) is 5.38. The summed E-state index contributed by atoms with van der Waals surface area (Å²) in [5.41, 5.74) is 3.00. The summed E-state index contributed by atoms with van der Waals surface area (Å²) in [5, 5.41) is 12.8. The standard InChI is InChI=1S/C15H12N2O2S2/c1-8-13(16-9(2)21-8)12-7-20-14(17-12)10-3-5-11(6-4-10)15(18)19/h3-7H,1-2H3,(H,18,19). The van der Waals surface area contributed by atoms with E-state index in [4.69, 9.17) is 5.11 Å². The van der Waals surface area contributed by atoms with Gasteiger partial charge >= 0.3 is 5.97 Å². The summed E-state index contributed by atoms with van der Waals surface area (Å²) in [4.78, 5) is 21.1. The number of aromatic carboxylic acids is 1. The second-order valence-electron chi connectivity index (χ2n) is 4.56. The highest BCUT2D eigenvalue weighted by atomic mass is 32.1. The molecule has 1 N–H and O–H groups in total. The third kappa shape index (κ3) is 2.72. The number of thiazole rings is 2. The average Bonchev–Trinajstić information content (AvgIpc) is 3.05. The largest absolute Gasteiger partial charge is 0.478 e. The van der Waals surface area contributed by atoms with E-state index in [1.807, 2.05) is 19.2 Å². The molecule has 0 spiro atoms. The van der Waals surface area contributed by atoms with Crippen LogP contribution in [0, 0.1) is 13.8 Å². The zero-order valence-electron chi connectivity index (χ0n) is 11.5. The lowest BCUT2D eigenvalue weighted by Gasteiger charge is -1.97. The Balaban J connectivity index is 1.94. The summed E-state index contributed by atoms with van der Waals surface area (Å²) in [6.45, 7) is 4.03. The van der Waals surface area contributed by atoms with Crippen molar-refractivity contribution in [2.45, 2.75) is 13.8 Å². The summed E-state index contributed by atoms with van der Waals surface area (Å²) < 4.78 is 0. The maximum absolute atomic E-state index is 10.9. The predicted octanol–water partition coefficient (Wildman–Crippen LogP) is 4.25.